The van der Waals surface area contributed by atoms with Gasteiger partial charge >= 0.3 is 12.0 Å². The van der Waals surface area contributed by atoms with Gasteiger partial charge in [0.05, 0.1) is 11.5 Å². The monoisotopic (exact) mass is 305 g/mol. The summed E-state index contributed by atoms with van der Waals surface area (Å²) in [4.78, 5) is 9.79. The van der Waals surface area contributed by atoms with Crippen molar-refractivity contribution in [1.82, 2.24) is 9.78 Å². The van der Waals surface area contributed by atoms with E-state index in [1.54, 1.807) is 0 Å². The molecule has 6 nitrogen and oxygen atoms in total. The van der Waals surface area contributed by atoms with Crippen molar-refractivity contribution in [3.05, 3.63) is 52.1 Å². The van der Waals surface area contributed by atoms with Crippen LogP contribution in [0.2, 0.25) is 0 Å². The van der Waals surface area contributed by atoms with Crippen molar-refractivity contribution in [3.63, 3.8) is 0 Å². The van der Waals surface area contributed by atoms with E-state index in [2.05, 4.69) is 9.84 Å². The zero-order chi connectivity index (χ0) is 15.6. The average molecular weight is 305 g/mol. The Kier molecular flexibility index (Phi) is 3.78. The van der Waals surface area contributed by atoms with Crippen LogP contribution in [0.5, 0.6) is 5.75 Å². The summed E-state index contributed by atoms with van der Waals surface area (Å²) in [7, 11) is 0. The first-order chi connectivity index (χ1) is 9.74. The third-order valence-corrected chi connectivity index (χ3v) is 2.41. The topological polar surface area (TPSA) is 70.2 Å². The highest BCUT2D eigenvalue weighted by molar-refractivity contribution is 5.30. The second kappa shape index (κ2) is 5.38. The number of rotatable bonds is 4. The normalized spacial score (nSPS) is 11.4. The summed E-state index contributed by atoms with van der Waals surface area (Å²) in [6.45, 7) is -0.269. The fraction of sp³-hybridized carbons (Fsp3) is 0.182. The van der Waals surface area contributed by atoms with Gasteiger partial charge in [0.15, 0.2) is 0 Å². The Morgan fingerprint density at radius 3 is 2.67 bits per heavy atom. The maximum absolute atomic E-state index is 13.5. The predicted molar refractivity (Wildman–Crippen MR) is 61.1 cm³/mol. The molecule has 0 fully saturated rings. The Bertz CT molecular complexity index is 669. The Hall–Kier alpha value is -2.65. The lowest BCUT2D eigenvalue weighted by Gasteiger charge is -2.10. The molecule has 21 heavy (non-hydrogen) atoms. The number of alkyl halides is 3. The molecule has 0 unspecified atom stereocenters. The number of hydrogen-bond acceptors (Lipinski definition) is 4. The van der Waals surface area contributed by atoms with Crippen LogP contribution in [0.1, 0.15) is 5.56 Å². The van der Waals surface area contributed by atoms with E-state index >= 15 is 0 Å². The SMILES string of the molecule is O=[N+]([O-])c1cnn(Cc2cc(OC(F)(F)F)ccc2F)c1. The van der Waals surface area contributed by atoms with Crippen LogP contribution < -0.4 is 4.74 Å². The van der Waals surface area contributed by atoms with E-state index in [9.17, 15) is 27.7 Å². The summed E-state index contributed by atoms with van der Waals surface area (Å²) in [5.74, 6) is -1.36. The van der Waals surface area contributed by atoms with Crippen LogP contribution in [-0.2, 0) is 6.54 Å². The highest BCUT2D eigenvalue weighted by atomic mass is 19.4. The van der Waals surface area contributed by atoms with Crippen molar-refractivity contribution >= 4 is 5.69 Å². The fourth-order valence-electron chi connectivity index (χ4n) is 1.58. The molecular formula is C11H7F4N3O3. The van der Waals surface area contributed by atoms with E-state index < -0.39 is 22.9 Å². The standard InChI is InChI=1S/C11H7F4N3O3/c12-10-2-1-9(21-11(13,14)15)3-7(10)5-17-6-8(4-16-17)18(19)20/h1-4,6H,5H2. The van der Waals surface area contributed by atoms with Gasteiger partial charge in [-0.15, -0.1) is 13.2 Å². The number of aromatic nitrogens is 2. The van der Waals surface area contributed by atoms with Gasteiger partial charge < -0.3 is 4.74 Å². The van der Waals surface area contributed by atoms with Crippen molar-refractivity contribution < 1.29 is 27.2 Å². The van der Waals surface area contributed by atoms with E-state index in [0.717, 1.165) is 35.3 Å². The van der Waals surface area contributed by atoms with E-state index in [-0.39, 0.29) is 17.8 Å². The van der Waals surface area contributed by atoms with Crippen molar-refractivity contribution in [2.75, 3.05) is 0 Å². The van der Waals surface area contributed by atoms with Gasteiger partial charge in [0, 0.05) is 5.56 Å². The largest absolute Gasteiger partial charge is 0.573 e. The molecule has 0 spiro atoms. The molecule has 2 rings (SSSR count). The van der Waals surface area contributed by atoms with Crippen LogP contribution in [0.4, 0.5) is 23.2 Å². The summed E-state index contributed by atoms with van der Waals surface area (Å²) in [5.41, 5.74) is -0.451. The number of nitro groups is 1. The van der Waals surface area contributed by atoms with Gasteiger partial charge in [-0.05, 0) is 18.2 Å². The van der Waals surface area contributed by atoms with Crippen molar-refractivity contribution in [1.29, 1.82) is 0 Å². The summed E-state index contributed by atoms with van der Waals surface area (Å²) in [6, 6.07) is 2.50. The minimum absolute atomic E-state index is 0.144. The molecule has 0 aliphatic carbocycles. The molecule has 0 N–H and O–H groups in total. The minimum atomic E-state index is -4.89. The van der Waals surface area contributed by atoms with Crippen LogP contribution >= 0.6 is 0 Å². The third-order valence-electron chi connectivity index (χ3n) is 2.41. The van der Waals surface area contributed by atoms with E-state index in [1.165, 1.54) is 0 Å². The maximum Gasteiger partial charge on any atom is 0.573 e. The summed E-state index contributed by atoms with van der Waals surface area (Å²) in [5, 5.41) is 14.1. The smallest absolute Gasteiger partial charge is 0.406 e. The highest BCUT2D eigenvalue weighted by Crippen LogP contribution is 2.25. The zero-order valence-corrected chi connectivity index (χ0v) is 10.2. The van der Waals surface area contributed by atoms with E-state index in [4.69, 9.17) is 0 Å². The first kappa shape index (κ1) is 14.8. The molecule has 1 heterocycles. The zero-order valence-electron chi connectivity index (χ0n) is 10.2. The van der Waals surface area contributed by atoms with Crippen LogP contribution in [0.15, 0.2) is 30.6 Å². The second-order valence-electron chi connectivity index (χ2n) is 3.95. The first-order valence-corrected chi connectivity index (χ1v) is 5.45. The van der Waals surface area contributed by atoms with Gasteiger partial charge in [0.2, 0.25) is 0 Å². The van der Waals surface area contributed by atoms with Gasteiger partial charge in [-0.3, -0.25) is 14.8 Å². The molecule has 2 aromatic rings. The second-order valence-corrected chi connectivity index (χ2v) is 3.95. The maximum atomic E-state index is 13.5. The predicted octanol–water partition coefficient (Wildman–Crippen LogP) is 2.88. The van der Waals surface area contributed by atoms with Gasteiger partial charge in [-0.25, -0.2) is 4.39 Å². The molecule has 0 saturated carbocycles. The lowest BCUT2D eigenvalue weighted by molar-refractivity contribution is -0.385. The average Bonchev–Trinajstić information content (AvgIpc) is 2.80. The molecule has 0 amide bonds. The molecule has 10 heteroatoms. The lowest BCUT2D eigenvalue weighted by atomic mass is 10.2. The number of halogens is 4. The lowest BCUT2D eigenvalue weighted by Crippen LogP contribution is -2.17. The van der Waals surface area contributed by atoms with Gasteiger partial charge in [0.25, 0.3) is 0 Å². The highest BCUT2D eigenvalue weighted by Gasteiger charge is 2.31. The van der Waals surface area contributed by atoms with Gasteiger partial charge in [-0.2, -0.15) is 5.10 Å². The Balaban J connectivity index is 2.22. The fourth-order valence-corrected chi connectivity index (χ4v) is 1.58. The number of ether oxygens (including phenoxy) is 1. The van der Waals surface area contributed by atoms with Crippen LogP contribution in [0.25, 0.3) is 0 Å². The summed E-state index contributed by atoms with van der Waals surface area (Å²) in [6.07, 6.45) is -2.90. The molecule has 112 valence electrons. The molecule has 0 aliphatic heterocycles. The van der Waals surface area contributed by atoms with Gasteiger partial charge in [0.1, 0.15) is 24.0 Å². The van der Waals surface area contributed by atoms with Crippen LogP contribution in [0.3, 0.4) is 0 Å². The van der Waals surface area contributed by atoms with Crippen molar-refractivity contribution in [3.8, 4) is 5.75 Å². The molecule has 1 aromatic heterocycles. The number of benzene rings is 1. The summed E-state index contributed by atoms with van der Waals surface area (Å²) < 4.78 is 54.5. The number of nitrogens with zero attached hydrogens (tertiary/aromatic N) is 3. The number of hydrogen-bond donors (Lipinski definition) is 0. The summed E-state index contributed by atoms with van der Waals surface area (Å²) >= 11 is 0. The van der Waals surface area contributed by atoms with Gasteiger partial charge in [-0.1, -0.05) is 0 Å². The first-order valence-electron chi connectivity index (χ1n) is 5.45. The van der Waals surface area contributed by atoms with E-state index in [0.29, 0.717) is 0 Å². The van der Waals surface area contributed by atoms with E-state index in [1.807, 2.05) is 0 Å². The molecular weight excluding hydrogens is 298 g/mol. The van der Waals surface area contributed by atoms with Crippen molar-refractivity contribution in [2.24, 2.45) is 0 Å². The molecule has 0 aliphatic rings. The Morgan fingerprint density at radius 1 is 1.38 bits per heavy atom. The minimum Gasteiger partial charge on any atom is -0.406 e. The van der Waals surface area contributed by atoms with Crippen LogP contribution in [-0.4, -0.2) is 21.1 Å². The quantitative estimate of drug-likeness (QED) is 0.495. The molecule has 1 aromatic carbocycles. The third kappa shape index (κ3) is 3.91. The van der Waals surface area contributed by atoms with Crippen molar-refractivity contribution in [2.45, 2.75) is 12.9 Å². The Labute approximate surface area is 114 Å². The molecule has 0 bridgehead atoms. The molecule has 0 saturated heterocycles. The molecule has 0 radical (unpaired) electrons. The van der Waals surface area contributed by atoms with Crippen LogP contribution in [0, 0.1) is 15.9 Å². The molecule has 0 atom stereocenters. The Morgan fingerprint density at radius 2 is 2.10 bits per heavy atom.